The van der Waals surface area contributed by atoms with Crippen molar-refractivity contribution >= 4 is 138 Å². The highest BCUT2D eigenvalue weighted by Crippen LogP contribution is 2.41. The van der Waals surface area contributed by atoms with E-state index >= 15 is 0 Å². The number of hydrogen-bond donors (Lipinski definition) is 8. The molecule has 436 valence electrons. The second-order valence-electron chi connectivity index (χ2n) is 24.1. The van der Waals surface area contributed by atoms with E-state index in [0.717, 1.165) is 98.8 Å². The van der Waals surface area contributed by atoms with Crippen LogP contribution < -0.4 is 16.0 Å². The van der Waals surface area contributed by atoms with Crippen LogP contribution in [0.2, 0.25) is 0 Å². The van der Waals surface area contributed by atoms with E-state index in [9.17, 15) is 20.4 Å². The highest BCUT2D eigenvalue weighted by atomic mass is 16.3. The first-order valence-corrected chi connectivity index (χ1v) is 30.6. The Morgan fingerprint density at radius 1 is 0.446 bits per heavy atom. The van der Waals surface area contributed by atoms with Gasteiger partial charge in [0.05, 0.1) is 55.5 Å². The van der Waals surface area contributed by atoms with Crippen LogP contribution >= 0.6 is 0 Å². The highest BCUT2D eigenvalue weighted by Gasteiger charge is 2.28. The van der Waals surface area contributed by atoms with E-state index in [0.29, 0.717) is 112 Å². The number of nitrogens with zero attached hydrogens (tertiary/aromatic N) is 6. The van der Waals surface area contributed by atoms with Crippen molar-refractivity contribution in [3.05, 3.63) is 268 Å². The predicted molar refractivity (Wildman–Crippen MR) is 366 cm³/mol. The molecule has 0 saturated carbocycles. The Morgan fingerprint density at radius 2 is 1.00 bits per heavy atom. The number of aromatic amines is 3. The Kier molecular flexibility index (Phi) is 11.1. The molecule has 14 heteroatoms. The Morgan fingerprint density at radius 3 is 1.72 bits per heavy atom. The van der Waals surface area contributed by atoms with Crippen molar-refractivity contribution in [2.24, 2.45) is 0 Å². The lowest BCUT2D eigenvalue weighted by Crippen LogP contribution is -2.25. The summed E-state index contributed by atoms with van der Waals surface area (Å²) in [6.07, 6.45) is 20.6. The Balaban J connectivity index is 0.769. The molecule has 14 nitrogen and oxygen atoms in total. The molecule has 5 aliphatic rings. The second-order valence-corrected chi connectivity index (χ2v) is 24.1. The van der Waals surface area contributed by atoms with Gasteiger partial charge in [-0.05, 0) is 91.3 Å². The van der Waals surface area contributed by atoms with Crippen LogP contribution in [0.25, 0.3) is 149 Å². The SMILES string of the molecule is Oc1c2c3ccc4ccc5ccc(nc5c4n3)c3cccc(c3O)c3ccc([nH]3)c(-c3cnc4c(ccc5cc(C6=c7ccc([nH]7)=C7C=CC=C(c8ccc9ccc%10ccc(nc%10c9n8)C8=CC=CC(=C9CC=C6N9)C8O)C7O)cnc54)c3)c3ccc([nH]3)c1C=CC2. The largest absolute Gasteiger partial charge is 0.507 e. The lowest BCUT2D eigenvalue weighted by Gasteiger charge is -2.22. The molecule has 2 atom stereocenters. The van der Waals surface area contributed by atoms with E-state index in [1.165, 1.54) is 0 Å². The van der Waals surface area contributed by atoms with Gasteiger partial charge in [0, 0.05) is 162 Å². The number of benzene rings is 4. The van der Waals surface area contributed by atoms with Gasteiger partial charge < -0.3 is 40.7 Å². The molecular formula is C78H50N10O4. The zero-order valence-corrected chi connectivity index (χ0v) is 48.8. The average Bonchev–Trinajstić information content (AvgIpc) is 1.10. The number of H-pyrrole nitrogens is 3. The number of aliphatic hydroxyl groups excluding tert-OH is 2. The lowest BCUT2D eigenvalue weighted by atomic mass is 9.91. The average molecular weight is 1190 g/mol. The molecule has 0 spiro atoms. The number of pyridine rings is 6. The summed E-state index contributed by atoms with van der Waals surface area (Å²) < 4.78 is 0. The second kappa shape index (κ2) is 19.7. The van der Waals surface area contributed by atoms with Crippen LogP contribution in [0.15, 0.2) is 230 Å². The molecular weight excluding hydrogens is 1140 g/mol. The zero-order chi connectivity index (χ0) is 61.0. The molecule has 2 unspecified atom stereocenters. The van der Waals surface area contributed by atoms with Gasteiger partial charge in [-0.15, -0.1) is 0 Å². The maximum atomic E-state index is 12.3. The zero-order valence-electron chi connectivity index (χ0n) is 48.8. The molecule has 3 aliphatic carbocycles. The maximum Gasteiger partial charge on any atom is 0.134 e. The van der Waals surface area contributed by atoms with Crippen molar-refractivity contribution in [2.45, 2.75) is 25.0 Å². The fourth-order valence-electron chi connectivity index (χ4n) is 14.3. The van der Waals surface area contributed by atoms with Crippen LogP contribution in [-0.4, -0.2) is 77.5 Å². The van der Waals surface area contributed by atoms with Crippen LogP contribution in [0.1, 0.15) is 34.5 Å². The van der Waals surface area contributed by atoms with Crippen molar-refractivity contribution in [1.29, 1.82) is 0 Å². The van der Waals surface area contributed by atoms with Gasteiger partial charge in [0.2, 0.25) is 0 Å². The van der Waals surface area contributed by atoms with Gasteiger partial charge in [-0.3, -0.25) is 9.97 Å². The Hall–Kier alpha value is -12.1. The van der Waals surface area contributed by atoms with E-state index in [1.54, 1.807) is 0 Å². The number of hydrogen-bond acceptors (Lipinski definition) is 11. The van der Waals surface area contributed by atoms with Gasteiger partial charge in [-0.1, -0.05) is 121 Å². The van der Waals surface area contributed by atoms with Crippen molar-refractivity contribution in [1.82, 2.24) is 50.2 Å². The summed E-state index contributed by atoms with van der Waals surface area (Å²) in [5, 5.41) is 60.9. The molecule has 8 N–H and O–H groups in total. The number of aromatic hydroxyl groups is 2. The number of aromatic nitrogens is 9. The third-order valence-electron chi connectivity index (χ3n) is 18.9. The van der Waals surface area contributed by atoms with Crippen molar-refractivity contribution in [3.63, 3.8) is 0 Å². The minimum Gasteiger partial charge on any atom is -0.507 e. The maximum absolute atomic E-state index is 12.3. The van der Waals surface area contributed by atoms with Crippen LogP contribution in [0.5, 0.6) is 11.5 Å². The highest BCUT2D eigenvalue weighted by molar-refractivity contribution is 6.10. The topological polar surface area (TPSA) is 218 Å². The first kappa shape index (κ1) is 51.9. The van der Waals surface area contributed by atoms with Gasteiger partial charge in [-0.2, -0.15) is 0 Å². The summed E-state index contributed by atoms with van der Waals surface area (Å²) in [6.45, 7) is 0. The van der Waals surface area contributed by atoms with Crippen LogP contribution in [0.3, 0.4) is 0 Å². The van der Waals surface area contributed by atoms with E-state index in [2.05, 4.69) is 56.7 Å². The van der Waals surface area contributed by atoms with Crippen molar-refractivity contribution < 1.29 is 20.4 Å². The number of phenols is 1. The Bertz CT molecular complexity index is 6250. The van der Waals surface area contributed by atoms with Crippen molar-refractivity contribution in [2.75, 3.05) is 0 Å². The third kappa shape index (κ3) is 7.94. The molecule has 0 amide bonds. The van der Waals surface area contributed by atoms with E-state index in [-0.39, 0.29) is 11.5 Å². The van der Waals surface area contributed by atoms with Gasteiger partial charge in [0.15, 0.2) is 0 Å². The molecule has 19 rings (SSSR count). The normalized spacial score (nSPS) is 16.7. The van der Waals surface area contributed by atoms with Crippen LogP contribution in [-0.2, 0) is 6.42 Å². The van der Waals surface area contributed by atoms with Gasteiger partial charge in [-0.25, -0.2) is 19.9 Å². The summed E-state index contributed by atoms with van der Waals surface area (Å²) >= 11 is 0. The number of allylic oxidation sites excluding steroid dienone is 7. The summed E-state index contributed by atoms with van der Waals surface area (Å²) in [5.74, 6) is 0.227. The lowest BCUT2D eigenvalue weighted by molar-refractivity contribution is 0.269. The molecule has 0 fully saturated rings. The van der Waals surface area contributed by atoms with Gasteiger partial charge in [0.1, 0.15) is 23.7 Å². The van der Waals surface area contributed by atoms with Gasteiger partial charge >= 0.3 is 0 Å². The summed E-state index contributed by atoms with van der Waals surface area (Å²) in [5.41, 5.74) is 18.9. The first-order valence-electron chi connectivity index (χ1n) is 30.6. The molecule has 0 radical (unpaired) electrons. The molecule has 12 heterocycles. The predicted octanol–water partition coefficient (Wildman–Crippen LogP) is 13.7. The summed E-state index contributed by atoms with van der Waals surface area (Å²) in [6, 6.07) is 50.2. The summed E-state index contributed by atoms with van der Waals surface area (Å²) in [4.78, 5) is 42.2. The molecule has 10 aromatic heterocycles. The summed E-state index contributed by atoms with van der Waals surface area (Å²) in [7, 11) is 0. The minimum absolute atomic E-state index is 0.0884. The molecule has 4 aromatic carbocycles. The molecule has 14 aromatic rings. The smallest absolute Gasteiger partial charge is 0.134 e. The number of nitrogens with one attached hydrogen (secondary N) is 4. The first-order chi connectivity index (χ1) is 45.2. The number of para-hydroxylation sites is 1. The number of rotatable bonds is 2. The number of aliphatic hydroxyl groups is 2. The van der Waals surface area contributed by atoms with Crippen molar-refractivity contribution in [3.8, 4) is 22.6 Å². The molecule has 2 aliphatic heterocycles. The number of fused-ring (bicyclic) bond motifs is 29. The fourth-order valence-corrected chi connectivity index (χ4v) is 14.3. The molecule has 24 bridgehead atoms. The minimum atomic E-state index is -0.994. The molecule has 0 saturated heterocycles. The standard InChI is InChI=1S/C78H50N10O4/c89-75-47-5-1-9-51(75)59-23-19-39-13-14-40-20-24-60(86-72(40)71(39)85-59)52-10-2-6-48(76(52)90)56-28-32-64(82-56)67(63-31-27-55(47)81-63)45-35-43-17-18-44-36-46(38-80-70(44)69(43)79-37-45)68-65-33-29-57(83-65)49-7-3-11-53(77(49)91)61-25-21-41-15-16-42-22-26-62(88-74(42)73(41)87-61)54-12-4-8-50(78(54)92)58-30-34-66(68)84-58/h1-11,13-27,29-38,75-76,81-84,89-92H,12,28H2. The monoisotopic (exact) mass is 1190 g/mol. The quantitative estimate of drug-likeness (QED) is 0.0762. The third-order valence-corrected chi connectivity index (χ3v) is 18.9. The van der Waals surface area contributed by atoms with E-state index in [4.69, 9.17) is 29.9 Å². The fraction of sp³-hybridized carbons (Fsp3) is 0.0513. The molecule has 92 heavy (non-hydrogen) atoms. The van der Waals surface area contributed by atoms with Crippen LogP contribution in [0, 0.1) is 0 Å². The van der Waals surface area contributed by atoms with E-state index < -0.39 is 12.2 Å². The van der Waals surface area contributed by atoms with Crippen LogP contribution in [0.4, 0.5) is 0 Å². The number of phenolic OH excluding ortho intramolecular Hbond substituents is 1. The van der Waals surface area contributed by atoms with Gasteiger partial charge in [0.25, 0.3) is 0 Å². The van der Waals surface area contributed by atoms with E-state index in [1.807, 2.05) is 182 Å². The Labute approximate surface area is 521 Å².